The number of hydrogen-bond acceptors (Lipinski definition) is 2. The topological polar surface area (TPSA) is 26.3 Å². The predicted octanol–water partition coefficient (Wildman–Crippen LogP) is 2.91. The number of ether oxygens (including phenoxy) is 1. The van der Waals surface area contributed by atoms with Crippen LogP contribution in [-0.2, 0) is 9.53 Å². The lowest BCUT2D eigenvalue weighted by molar-refractivity contribution is -0.144. The minimum atomic E-state index is 0.0584. The second-order valence-electron chi connectivity index (χ2n) is 4.92. The zero-order valence-corrected chi connectivity index (χ0v) is 9.00. The van der Waals surface area contributed by atoms with Gasteiger partial charge in [-0.3, -0.25) is 4.79 Å². The second kappa shape index (κ2) is 4.33. The number of hydrogen-bond donors (Lipinski definition) is 0. The molecule has 14 heavy (non-hydrogen) atoms. The molecule has 2 atom stereocenters. The van der Waals surface area contributed by atoms with Crippen molar-refractivity contribution in [2.45, 2.75) is 58.0 Å². The first-order valence-electron chi connectivity index (χ1n) is 5.96. The Kier molecular flexibility index (Phi) is 3.09. The van der Waals surface area contributed by atoms with Crippen molar-refractivity contribution >= 4 is 5.97 Å². The summed E-state index contributed by atoms with van der Waals surface area (Å²) in [5.74, 6) is 1.07. The van der Waals surface area contributed by atoms with Crippen LogP contribution >= 0.6 is 0 Å². The molecule has 1 saturated carbocycles. The molecule has 0 aromatic carbocycles. The highest BCUT2D eigenvalue weighted by Gasteiger charge is 2.33. The van der Waals surface area contributed by atoms with Crippen LogP contribution in [0.3, 0.4) is 0 Å². The maximum Gasteiger partial charge on any atom is 0.309 e. The lowest BCUT2D eigenvalue weighted by atomic mass is 9.82. The Balaban J connectivity index is 1.81. The summed E-state index contributed by atoms with van der Waals surface area (Å²) in [6.45, 7) is 2.00. The number of esters is 1. The van der Waals surface area contributed by atoms with Crippen LogP contribution < -0.4 is 0 Å². The van der Waals surface area contributed by atoms with Crippen LogP contribution in [0.4, 0.5) is 0 Å². The molecule has 2 heteroatoms. The van der Waals surface area contributed by atoms with Crippen molar-refractivity contribution in [2.24, 2.45) is 11.8 Å². The minimum absolute atomic E-state index is 0.0584. The zero-order chi connectivity index (χ0) is 9.97. The van der Waals surface area contributed by atoms with Crippen molar-refractivity contribution in [1.29, 1.82) is 0 Å². The van der Waals surface area contributed by atoms with Gasteiger partial charge in [0.2, 0.25) is 0 Å². The smallest absolute Gasteiger partial charge is 0.309 e. The van der Waals surface area contributed by atoms with Gasteiger partial charge in [0.15, 0.2) is 0 Å². The van der Waals surface area contributed by atoms with E-state index in [1.807, 2.05) is 6.92 Å². The Morgan fingerprint density at radius 3 is 2.57 bits per heavy atom. The van der Waals surface area contributed by atoms with Crippen LogP contribution in [0.1, 0.15) is 51.9 Å². The van der Waals surface area contributed by atoms with Crippen LogP contribution in [0, 0.1) is 11.8 Å². The van der Waals surface area contributed by atoms with E-state index in [9.17, 15) is 4.79 Å². The van der Waals surface area contributed by atoms with Gasteiger partial charge in [0.05, 0.1) is 12.0 Å². The van der Waals surface area contributed by atoms with Crippen molar-refractivity contribution in [1.82, 2.24) is 0 Å². The zero-order valence-electron chi connectivity index (χ0n) is 9.00. The normalized spacial score (nSPS) is 34.5. The van der Waals surface area contributed by atoms with Crippen molar-refractivity contribution in [2.75, 3.05) is 0 Å². The van der Waals surface area contributed by atoms with Crippen molar-refractivity contribution < 1.29 is 9.53 Å². The van der Waals surface area contributed by atoms with E-state index in [0.29, 0.717) is 0 Å². The lowest BCUT2D eigenvalue weighted by Crippen LogP contribution is -2.15. The summed E-state index contributed by atoms with van der Waals surface area (Å²) in [5.41, 5.74) is 0. The van der Waals surface area contributed by atoms with E-state index in [1.165, 1.54) is 32.1 Å². The van der Waals surface area contributed by atoms with E-state index >= 15 is 0 Å². The van der Waals surface area contributed by atoms with Gasteiger partial charge >= 0.3 is 5.97 Å². The van der Waals surface area contributed by atoms with Crippen LogP contribution in [0.25, 0.3) is 0 Å². The van der Waals surface area contributed by atoms with Gasteiger partial charge in [0.25, 0.3) is 0 Å². The van der Waals surface area contributed by atoms with Crippen molar-refractivity contribution in [3.8, 4) is 0 Å². The van der Waals surface area contributed by atoms with Crippen LogP contribution in [0.2, 0.25) is 0 Å². The molecule has 0 bridgehead atoms. The van der Waals surface area contributed by atoms with Gasteiger partial charge < -0.3 is 4.74 Å². The van der Waals surface area contributed by atoms with Gasteiger partial charge in [-0.25, -0.2) is 0 Å². The van der Waals surface area contributed by atoms with E-state index in [2.05, 4.69) is 0 Å². The van der Waals surface area contributed by atoms with Gasteiger partial charge in [-0.2, -0.15) is 0 Å². The molecule has 2 fully saturated rings. The van der Waals surface area contributed by atoms with E-state index < -0.39 is 0 Å². The molecule has 1 saturated heterocycles. The maximum atomic E-state index is 11.4. The molecule has 0 radical (unpaired) electrons. The van der Waals surface area contributed by atoms with Gasteiger partial charge in [-0.05, 0) is 25.7 Å². The molecule has 2 nitrogen and oxygen atoms in total. The van der Waals surface area contributed by atoms with Gasteiger partial charge in [0.1, 0.15) is 0 Å². The largest absolute Gasteiger partial charge is 0.462 e. The van der Waals surface area contributed by atoms with E-state index in [1.54, 1.807) is 0 Å². The summed E-state index contributed by atoms with van der Waals surface area (Å²) in [6, 6.07) is 0. The van der Waals surface area contributed by atoms with E-state index in [-0.39, 0.29) is 18.0 Å². The van der Waals surface area contributed by atoms with Crippen LogP contribution in [0.5, 0.6) is 0 Å². The molecule has 2 aliphatic rings. The van der Waals surface area contributed by atoms with Gasteiger partial charge in [-0.15, -0.1) is 0 Å². The first-order valence-corrected chi connectivity index (χ1v) is 5.96. The molecule has 1 aliphatic heterocycles. The Hall–Kier alpha value is -0.530. The summed E-state index contributed by atoms with van der Waals surface area (Å²) in [7, 11) is 0. The fraction of sp³-hybridized carbons (Fsp3) is 0.917. The molecule has 1 aliphatic carbocycles. The number of carbonyl (C=O) groups excluding carboxylic acids is 1. The average molecular weight is 196 g/mol. The first kappa shape index (κ1) is 10.0. The highest BCUT2D eigenvalue weighted by Crippen LogP contribution is 2.33. The quantitative estimate of drug-likeness (QED) is 0.635. The third-order valence-corrected chi connectivity index (χ3v) is 3.61. The highest BCUT2D eigenvalue weighted by atomic mass is 16.5. The van der Waals surface area contributed by atoms with Gasteiger partial charge in [0, 0.05) is 0 Å². The number of rotatable bonds is 2. The van der Waals surface area contributed by atoms with Crippen molar-refractivity contribution in [3.63, 3.8) is 0 Å². The first-order chi connectivity index (χ1) is 6.75. The van der Waals surface area contributed by atoms with Crippen molar-refractivity contribution in [3.05, 3.63) is 0 Å². The minimum Gasteiger partial charge on any atom is -0.462 e. The average Bonchev–Trinajstić information content (AvgIpc) is 2.47. The van der Waals surface area contributed by atoms with Crippen LogP contribution in [-0.4, -0.2) is 12.1 Å². The Bertz CT molecular complexity index is 206. The summed E-state index contributed by atoms with van der Waals surface area (Å²) in [4.78, 5) is 11.4. The fourth-order valence-electron chi connectivity index (χ4n) is 2.86. The SMILES string of the molecule is C[C@@H]1C[C@H](CC2CCCCC2)C(=O)O1. The maximum absolute atomic E-state index is 11.4. The highest BCUT2D eigenvalue weighted by molar-refractivity contribution is 5.74. The molecule has 0 amide bonds. The standard InChI is InChI=1S/C12H20O2/c1-9-7-11(12(13)14-9)8-10-5-3-2-4-6-10/h9-11H,2-8H2,1H3/t9-,11-/m1/s1. The third-order valence-electron chi connectivity index (χ3n) is 3.61. The predicted molar refractivity (Wildman–Crippen MR) is 54.9 cm³/mol. The molecule has 80 valence electrons. The van der Waals surface area contributed by atoms with E-state index in [4.69, 9.17) is 4.74 Å². The van der Waals surface area contributed by atoms with Gasteiger partial charge in [-0.1, -0.05) is 32.1 Å². The molecule has 0 aromatic rings. The molecule has 1 heterocycles. The molecule has 0 unspecified atom stereocenters. The second-order valence-corrected chi connectivity index (χ2v) is 4.92. The molecular weight excluding hydrogens is 176 g/mol. The monoisotopic (exact) mass is 196 g/mol. The Labute approximate surface area is 86.0 Å². The lowest BCUT2D eigenvalue weighted by Gasteiger charge is -2.22. The summed E-state index contributed by atoms with van der Waals surface area (Å²) >= 11 is 0. The summed E-state index contributed by atoms with van der Waals surface area (Å²) < 4.78 is 5.18. The number of cyclic esters (lactones) is 1. The molecule has 2 rings (SSSR count). The molecular formula is C12H20O2. The Morgan fingerprint density at radius 2 is 2.00 bits per heavy atom. The molecule has 0 aromatic heterocycles. The number of carbonyl (C=O) groups is 1. The molecule has 0 N–H and O–H groups in total. The third kappa shape index (κ3) is 2.28. The van der Waals surface area contributed by atoms with Crippen LogP contribution in [0.15, 0.2) is 0 Å². The Morgan fingerprint density at radius 1 is 1.29 bits per heavy atom. The summed E-state index contributed by atoms with van der Waals surface area (Å²) in [6.07, 6.45) is 8.98. The fourth-order valence-corrected chi connectivity index (χ4v) is 2.86. The van der Waals surface area contributed by atoms with E-state index in [0.717, 1.165) is 18.8 Å². The summed E-state index contributed by atoms with van der Waals surface area (Å²) in [5, 5.41) is 0. The molecule has 0 spiro atoms.